The molecule has 0 bridgehead atoms. The van der Waals surface area contributed by atoms with Gasteiger partial charge in [0.15, 0.2) is 0 Å². The first-order chi connectivity index (χ1) is 15.2. The molecule has 164 valence electrons. The number of aliphatic carboxylic acids is 1. The van der Waals surface area contributed by atoms with Gasteiger partial charge < -0.3 is 19.3 Å². The van der Waals surface area contributed by atoms with Gasteiger partial charge in [0.25, 0.3) is 0 Å². The van der Waals surface area contributed by atoms with E-state index in [1.54, 1.807) is 43.5 Å². The molecule has 0 unspecified atom stereocenters. The summed E-state index contributed by atoms with van der Waals surface area (Å²) in [7, 11) is 0. The van der Waals surface area contributed by atoms with Crippen LogP contribution in [0.5, 0.6) is 0 Å². The van der Waals surface area contributed by atoms with Gasteiger partial charge >= 0.3 is 11.6 Å². The van der Waals surface area contributed by atoms with E-state index in [1.807, 2.05) is 13.0 Å². The highest BCUT2D eigenvalue weighted by molar-refractivity contribution is 6.30. The standard InChI is InChI=1S/C24H20ClNO6/c1-12-11-31-20-10-21-17(8-16(12)20)13(2)18(24(30)32-21)9-22(27)26-19(23(28)29)7-14-3-5-15(25)6-4-14/h3-6,8,10-11,19H,7,9H2,1-2H3,(H,26,27)(H,28,29)/t19-/m1/s1. The van der Waals surface area contributed by atoms with Gasteiger partial charge in [-0.25, -0.2) is 9.59 Å². The Morgan fingerprint density at radius 3 is 2.50 bits per heavy atom. The maximum atomic E-state index is 12.6. The Kier molecular flexibility index (Phi) is 5.76. The third-order valence-electron chi connectivity index (χ3n) is 5.50. The summed E-state index contributed by atoms with van der Waals surface area (Å²) in [4.78, 5) is 36.9. The minimum Gasteiger partial charge on any atom is -0.480 e. The van der Waals surface area contributed by atoms with Crippen molar-refractivity contribution in [2.24, 2.45) is 0 Å². The lowest BCUT2D eigenvalue weighted by Crippen LogP contribution is -2.43. The second-order valence-corrected chi connectivity index (χ2v) is 8.16. The van der Waals surface area contributed by atoms with Gasteiger partial charge in [-0.15, -0.1) is 0 Å². The fourth-order valence-corrected chi connectivity index (χ4v) is 3.83. The van der Waals surface area contributed by atoms with Crippen LogP contribution < -0.4 is 10.9 Å². The summed E-state index contributed by atoms with van der Waals surface area (Å²) >= 11 is 5.86. The molecule has 1 atom stereocenters. The normalized spacial score (nSPS) is 12.2. The number of amides is 1. The van der Waals surface area contributed by atoms with Crippen molar-refractivity contribution in [2.75, 3.05) is 0 Å². The number of halogens is 1. The molecule has 0 aliphatic rings. The molecular formula is C24H20ClNO6. The number of rotatable bonds is 6. The summed E-state index contributed by atoms with van der Waals surface area (Å²) in [6.07, 6.45) is 1.41. The molecule has 0 fully saturated rings. The Morgan fingerprint density at radius 2 is 1.81 bits per heavy atom. The highest BCUT2D eigenvalue weighted by Crippen LogP contribution is 2.28. The van der Waals surface area contributed by atoms with E-state index >= 15 is 0 Å². The molecule has 4 rings (SSSR count). The van der Waals surface area contributed by atoms with E-state index in [4.69, 9.17) is 20.4 Å². The van der Waals surface area contributed by atoms with E-state index in [0.717, 1.165) is 10.9 Å². The molecule has 0 saturated carbocycles. The molecule has 0 aliphatic carbocycles. The van der Waals surface area contributed by atoms with Crippen LogP contribution in [-0.2, 0) is 22.4 Å². The molecule has 1 amide bonds. The zero-order valence-corrected chi connectivity index (χ0v) is 18.2. The van der Waals surface area contributed by atoms with Gasteiger partial charge in [-0.2, -0.15) is 0 Å². The van der Waals surface area contributed by atoms with Crippen molar-refractivity contribution < 1.29 is 23.5 Å². The van der Waals surface area contributed by atoms with Crippen molar-refractivity contribution in [3.63, 3.8) is 0 Å². The van der Waals surface area contributed by atoms with Crippen LogP contribution in [0, 0.1) is 13.8 Å². The Hall–Kier alpha value is -3.58. The first kappa shape index (κ1) is 21.6. The Bertz CT molecular complexity index is 1400. The van der Waals surface area contributed by atoms with Gasteiger partial charge in [0.05, 0.1) is 18.2 Å². The van der Waals surface area contributed by atoms with Crippen molar-refractivity contribution in [2.45, 2.75) is 32.7 Å². The van der Waals surface area contributed by atoms with Gasteiger partial charge in [-0.3, -0.25) is 4.79 Å². The molecule has 0 radical (unpaired) electrons. The summed E-state index contributed by atoms with van der Waals surface area (Å²) in [5.74, 6) is -1.75. The van der Waals surface area contributed by atoms with Crippen molar-refractivity contribution in [3.05, 3.63) is 80.4 Å². The lowest BCUT2D eigenvalue weighted by Gasteiger charge is -2.15. The number of benzene rings is 2. The number of aryl methyl sites for hydroxylation is 2. The van der Waals surface area contributed by atoms with Crippen LogP contribution in [0.2, 0.25) is 5.02 Å². The molecule has 0 aliphatic heterocycles. The second-order valence-electron chi connectivity index (χ2n) is 7.72. The average Bonchev–Trinajstić information content (AvgIpc) is 3.10. The summed E-state index contributed by atoms with van der Waals surface area (Å²) in [5.41, 5.74) is 2.78. The third-order valence-corrected chi connectivity index (χ3v) is 5.75. The van der Waals surface area contributed by atoms with Gasteiger partial charge in [-0.1, -0.05) is 23.7 Å². The highest BCUT2D eigenvalue weighted by atomic mass is 35.5. The Morgan fingerprint density at radius 1 is 1.09 bits per heavy atom. The summed E-state index contributed by atoms with van der Waals surface area (Å²) in [6, 6.07) is 9.08. The van der Waals surface area contributed by atoms with Crippen LogP contribution in [0.4, 0.5) is 0 Å². The first-order valence-corrected chi connectivity index (χ1v) is 10.3. The molecule has 2 heterocycles. The van der Waals surface area contributed by atoms with Crippen LogP contribution >= 0.6 is 11.6 Å². The fraction of sp³-hybridized carbons (Fsp3) is 0.208. The van der Waals surface area contributed by atoms with E-state index < -0.39 is 23.5 Å². The number of hydrogen-bond acceptors (Lipinski definition) is 5. The van der Waals surface area contributed by atoms with Crippen LogP contribution in [0.1, 0.15) is 22.3 Å². The number of fused-ring (bicyclic) bond motifs is 2. The minimum absolute atomic E-state index is 0.0846. The van der Waals surface area contributed by atoms with Crippen molar-refractivity contribution in [1.82, 2.24) is 5.32 Å². The molecule has 4 aromatic rings. The lowest BCUT2D eigenvalue weighted by molar-refractivity contribution is -0.141. The Balaban J connectivity index is 1.59. The van der Waals surface area contributed by atoms with Crippen molar-refractivity contribution in [1.29, 1.82) is 0 Å². The Labute approximate surface area is 187 Å². The van der Waals surface area contributed by atoms with Crippen LogP contribution in [-0.4, -0.2) is 23.0 Å². The molecule has 0 spiro atoms. The quantitative estimate of drug-likeness (QED) is 0.424. The lowest BCUT2D eigenvalue weighted by atomic mass is 10.0. The second kappa shape index (κ2) is 8.51. The van der Waals surface area contributed by atoms with E-state index in [0.29, 0.717) is 32.7 Å². The number of nitrogens with one attached hydrogen (secondary N) is 1. The smallest absolute Gasteiger partial charge is 0.340 e. The van der Waals surface area contributed by atoms with Crippen molar-refractivity contribution in [3.8, 4) is 0 Å². The number of carbonyl (C=O) groups is 2. The SMILES string of the molecule is Cc1coc2cc3oc(=O)c(CC(=O)N[C@H](Cc4ccc(Cl)cc4)C(=O)O)c(C)c3cc12. The monoisotopic (exact) mass is 453 g/mol. The topological polar surface area (TPSA) is 110 Å². The number of hydrogen-bond donors (Lipinski definition) is 2. The number of carboxylic acid groups (broad SMARTS) is 1. The minimum atomic E-state index is -1.17. The van der Waals surface area contributed by atoms with Crippen molar-refractivity contribution >= 4 is 45.4 Å². The fourth-order valence-electron chi connectivity index (χ4n) is 3.70. The first-order valence-electron chi connectivity index (χ1n) is 9.93. The molecular weight excluding hydrogens is 434 g/mol. The molecule has 32 heavy (non-hydrogen) atoms. The van der Waals surface area contributed by atoms with Crippen LogP contribution in [0.25, 0.3) is 21.9 Å². The van der Waals surface area contributed by atoms with Gasteiger partial charge in [0.2, 0.25) is 5.91 Å². The van der Waals surface area contributed by atoms with Gasteiger partial charge in [0.1, 0.15) is 17.2 Å². The van der Waals surface area contributed by atoms with E-state index in [2.05, 4.69) is 5.32 Å². The van der Waals surface area contributed by atoms with E-state index in [1.165, 1.54) is 0 Å². The predicted molar refractivity (Wildman–Crippen MR) is 120 cm³/mol. The third kappa shape index (κ3) is 4.24. The summed E-state index contributed by atoms with van der Waals surface area (Å²) in [5, 5.41) is 14.1. The highest BCUT2D eigenvalue weighted by Gasteiger charge is 2.23. The zero-order valence-electron chi connectivity index (χ0n) is 17.4. The molecule has 2 N–H and O–H groups in total. The molecule has 8 heteroatoms. The molecule has 7 nitrogen and oxygen atoms in total. The van der Waals surface area contributed by atoms with Crippen LogP contribution in [0.3, 0.4) is 0 Å². The number of carbonyl (C=O) groups excluding carboxylic acids is 1. The average molecular weight is 454 g/mol. The van der Waals surface area contributed by atoms with E-state index in [9.17, 15) is 19.5 Å². The zero-order chi connectivity index (χ0) is 23.0. The maximum absolute atomic E-state index is 12.6. The summed E-state index contributed by atoms with van der Waals surface area (Å²) < 4.78 is 10.9. The largest absolute Gasteiger partial charge is 0.480 e. The summed E-state index contributed by atoms with van der Waals surface area (Å²) in [6.45, 7) is 3.65. The predicted octanol–water partition coefficient (Wildman–Crippen LogP) is 4.16. The molecule has 2 aromatic heterocycles. The van der Waals surface area contributed by atoms with Gasteiger partial charge in [-0.05, 0) is 48.7 Å². The molecule has 2 aromatic carbocycles. The van der Waals surface area contributed by atoms with E-state index in [-0.39, 0.29) is 18.4 Å². The number of furan rings is 1. The van der Waals surface area contributed by atoms with Gasteiger partial charge in [0, 0.05) is 28.3 Å². The maximum Gasteiger partial charge on any atom is 0.340 e. The number of carboxylic acids is 1. The van der Waals surface area contributed by atoms with Crippen LogP contribution in [0.15, 0.2) is 56.3 Å². The molecule has 0 saturated heterocycles.